The highest BCUT2D eigenvalue weighted by atomic mass is 35.5. The molecule has 0 unspecified atom stereocenters. The normalized spacial score (nSPS) is 14.1. The molecule has 0 aliphatic carbocycles. The molecular weight excluding hydrogens is 390 g/mol. The van der Waals surface area contributed by atoms with Crippen LogP contribution >= 0.6 is 11.6 Å². The van der Waals surface area contributed by atoms with Crippen molar-refractivity contribution in [3.63, 3.8) is 0 Å². The Labute approximate surface area is 174 Å². The Hall–Kier alpha value is -2.83. The van der Waals surface area contributed by atoms with Crippen LogP contribution in [0.3, 0.4) is 0 Å². The molecule has 150 valence electrons. The molecule has 3 aromatic rings. The number of hydrogen-bond acceptors (Lipinski definition) is 5. The third kappa shape index (κ3) is 4.60. The molecule has 0 N–H and O–H groups in total. The average Bonchev–Trinajstić information content (AvgIpc) is 3.25. The third-order valence-electron chi connectivity index (χ3n) is 4.92. The smallest absolute Gasteiger partial charge is 0.276 e. The maximum absolute atomic E-state index is 12.7. The standard InChI is InChI=1S/C22H22ClN3O3/c1-25(15-16-5-7-19(8-6-16)26-9-11-28-12-10-26)22(27)20-14-21(29-24-20)17-3-2-4-18(23)13-17/h2-8,13-14H,9-12,15H2,1H3. The minimum Gasteiger partial charge on any atom is -0.378 e. The number of halogens is 1. The minimum absolute atomic E-state index is 0.195. The van der Waals surface area contributed by atoms with Crippen LogP contribution in [0.2, 0.25) is 5.02 Å². The van der Waals surface area contributed by atoms with Gasteiger partial charge in [0.05, 0.1) is 13.2 Å². The molecule has 29 heavy (non-hydrogen) atoms. The van der Waals surface area contributed by atoms with E-state index in [4.69, 9.17) is 20.9 Å². The first kappa shape index (κ1) is 19.5. The van der Waals surface area contributed by atoms with Crippen LogP contribution in [0.1, 0.15) is 16.1 Å². The van der Waals surface area contributed by atoms with Crippen LogP contribution in [0.15, 0.2) is 59.1 Å². The lowest BCUT2D eigenvalue weighted by Crippen LogP contribution is -2.36. The number of carbonyl (C=O) groups is 1. The van der Waals surface area contributed by atoms with Crippen LogP contribution in [0.5, 0.6) is 0 Å². The molecule has 0 saturated carbocycles. The van der Waals surface area contributed by atoms with Gasteiger partial charge in [-0.2, -0.15) is 0 Å². The van der Waals surface area contributed by atoms with Crippen molar-refractivity contribution < 1.29 is 14.1 Å². The van der Waals surface area contributed by atoms with E-state index in [0.29, 0.717) is 17.3 Å². The molecular formula is C22H22ClN3O3. The molecule has 1 aromatic heterocycles. The van der Waals surface area contributed by atoms with Gasteiger partial charge >= 0.3 is 0 Å². The fourth-order valence-corrected chi connectivity index (χ4v) is 3.52. The first-order valence-corrected chi connectivity index (χ1v) is 9.88. The topological polar surface area (TPSA) is 58.8 Å². The Bertz CT molecular complexity index is 981. The molecule has 7 heteroatoms. The highest BCUT2D eigenvalue weighted by Gasteiger charge is 2.18. The monoisotopic (exact) mass is 411 g/mol. The van der Waals surface area contributed by atoms with Gasteiger partial charge in [-0.25, -0.2) is 0 Å². The number of nitrogens with zero attached hydrogens (tertiary/aromatic N) is 3. The van der Waals surface area contributed by atoms with Crippen LogP contribution in [-0.4, -0.2) is 49.3 Å². The molecule has 6 nitrogen and oxygen atoms in total. The Morgan fingerprint density at radius 3 is 2.62 bits per heavy atom. The van der Waals surface area contributed by atoms with E-state index in [-0.39, 0.29) is 11.6 Å². The summed E-state index contributed by atoms with van der Waals surface area (Å²) in [5.41, 5.74) is 3.28. The Balaban J connectivity index is 1.40. The molecule has 1 saturated heterocycles. The predicted molar refractivity (Wildman–Crippen MR) is 112 cm³/mol. The number of benzene rings is 2. The molecule has 0 radical (unpaired) electrons. The minimum atomic E-state index is -0.195. The second kappa shape index (κ2) is 8.68. The van der Waals surface area contributed by atoms with Crippen molar-refractivity contribution in [2.45, 2.75) is 6.54 Å². The Morgan fingerprint density at radius 1 is 1.14 bits per heavy atom. The molecule has 0 bridgehead atoms. The number of hydrogen-bond donors (Lipinski definition) is 0. The van der Waals surface area contributed by atoms with Crippen LogP contribution in [0.25, 0.3) is 11.3 Å². The number of morpholine rings is 1. The van der Waals surface area contributed by atoms with E-state index < -0.39 is 0 Å². The third-order valence-corrected chi connectivity index (χ3v) is 5.15. The van der Waals surface area contributed by atoms with E-state index in [2.05, 4.69) is 34.3 Å². The molecule has 1 aliphatic rings. The van der Waals surface area contributed by atoms with Crippen molar-refractivity contribution in [3.8, 4) is 11.3 Å². The summed E-state index contributed by atoms with van der Waals surface area (Å²) in [5, 5.41) is 4.53. The molecule has 0 spiro atoms. The van der Waals surface area contributed by atoms with E-state index in [0.717, 1.165) is 37.4 Å². The Kier molecular flexibility index (Phi) is 5.83. The summed E-state index contributed by atoms with van der Waals surface area (Å²) in [6, 6.07) is 17.2. The lowest BCUT2D eigenvalue weighted by molar-refractivity contribution is 0.0775. The van der Waals surface area contributed by atoms with E-state index >= 15 is 0 Å². The van der Waals surface area contributed by atoms with Gasteiger partial charge in [0.25, 0.3) is 5.91 Å². The van der Waals surface area contributed by atoms with Gasteiger partial charge < -0.3 is 19.1 Å². The maximum Gasteiger partial charge on any atom is 0.276 e. The Morgan fingerprint density at radius 2 is 1.90 bits per heavy atom. The molecule has 4 rings (SSSR count). The first-order chi connectivity index (χ1) is 14.1. The molecule has 1 fully saturated rings. The van der Waals surface area contributed by atoms with E-state index in [9.17, 15) is 4.79 Å². The van der Waals surface area contributed by atoms with E-state index in [1.165, 1.54) is 5.69 Å². The summed E-state index contributed by atoms with van der Waals surface area (Å²) < 4.78 is 10.7. The fraction of sp³-hybridized carbons (Fsp3) is 0.273. The molecule has 2 aromatic carbocycles. The highest BCUT2D eigenvalue weighted by Crippen LogP contribution is 2.24. The van der Waals surface area contributed by atoms with Crippen molar-refractivity contribution in [1.82, 2.24) is 10.1 Å². The first-order valence-electron chi connectivity index (χ1n) is 9.50. The van der Waals surface area contributed by atoms with Gasteiger partial charge in [-0.3, -0.25) is 4.79 Å². The van der Waals surface area contributed by atoms with Crippen LogP contribution < -0.4 is 4.90 Å². The van der Waals surface area contributed by atoms with Gasteiger partial charge in [-0.1, -0.05) is 41.0 Å². The summed E-state index contributed by atoms with van der Waals surface area (Å²) >= 11 is 6.02. The summed E-state index contributed by atoms with van der Waals surface area (Å²) in [6.45, 7) is 3.81. The lowest BCUT2D eigenvalue weighted by atomic mass is 10.1. The zero-order valence-corrected chi connectivity index (χ0v) is 16.9. The maximum atomic E-state index is 12.7. The lowest BCUT2D eigenvalue weighted by Gasteiger charge is -2.29. The van der Waals surface area contributed by atoms with Crippen molar-refractivity contribution in [1.29, 1.82) is 0 Å². The van der Waals surface area contributed by atoms with Gasteiger partial charge in [0, 0.05) is 49.0 Å². The second-order valence-corrected chi connectivity index (χ2v) is 7.45. The van der Waals surface area contributed by atoms with E-state index in [1.54, 1.807) is 30.1 Å². The van der Waals surface area contributed by atoms with Crippen molar-refractivity contribution in [2.75, 3.05) is 38.3 Å². The molecule has 1 amide bonds. The molecule has 2 heterocycles. The predicted octanol–water partition coefficient (Wildman–Crippen LogP) is 4.10. The van der Waals surface area contributed by atoms with Crippen molar-refractivity contribution in [3.05, 3.63) is 70.9 Å². The van der Waals surface area contributed by atoms with E-state index in [1.807, 2.05) is 12.1 Å². The molecule has 0 atom stereocenters. The quantitative estimate of drug-likeness (QED) is 0.632. The number of amides is 1. The highest BCUT2D eigenvalue weighted by molar-refractivity contribution is 6.30. The van der Waals surface area contributed by atoms with Gasteiger partial charge in [0.2, 0.25) is 0 Å². The number of ether oxygens (including phenoxy) is 1. The number of aromatic nitrogens is 1. The average molecular weight is 412 g/mol. The SMILES string of the molecule is CN(Cc1ccc(N2CCOCC2)cc1)C(=O)c1cc(-c2cccc(Cl)c2)on1. The van der Waals surface area contributed by atoms with Gasteiger partial charge in [-0.05, 0) is 29.8 Å². The zero-order valence-electron chi connectivity index (χ0n) is 16.2. The molecule has 1 aliphatic heterocycles. The van der Waals surface area contributed by atoms with Crippen LogP contribution in [0.4, 0.5) is 5.69 Å². The number of anilines is 1. The number of rotatable bonds is 5. The summed E-state index contributed by atoms with van der Waals surface area (Å²) in [6.07, 6.45) is 0. The van der Waals surface area contributed by atoms with Gasteiger partial charge in [-0.15, -0.1) is 0 Å². The van der Waals surface area contributed by atoms with Crippen LogP contribution in [-0.2, 0) is 11.3 Å². The second-order valence-electron chi connectivity index (χ2n) is 7.01. The zero-order chi connectivity index (χ0) is 20.2. The van der Waals surface area contributed by atoms with Gasteiger partial charge in [0.15, 0.2) is 11.5 Å². The largest absolute Gasteiger partial charge is 0.378 e. The summed E-state index contributed by atoms with van der Waals surface area (Å²) in [4.78, 5) is 16.7. The van der Waals surface area contributed by atoms with Gasteiger partial charge in [0.1, 0.15) is 0 Å². The number of carbonyl (C=O) groups excluding carboxylic acids is 1. The fourth-order valence-electron chi connectivity index (χ4n) is 3.33. The van der Waals surface area contributed by atoms with Crippen molar-refractivity contribution in [2.24, 2.45) is 0 Å². The summed E-state index contributed by atoms with van der Waals surface area (Å²) in [5.74, 6) is 0.318. The van der Waals surface area contributed by atoms with Crippen molar-refractivity contribution >= 4 is 23.2 Å². The summed E-state index contributed by atoms with van der Waals surface area (Å²) in [7, 11) is 1.76. The van der Waals surface area contributed by atoms with Crippen LogP contribution in [0, 0.1) is 0 Å².